The van der Waals surface area contributed by atoms with Crippen molar-refractivity contribution in [2.24, 2.45) is 0 Å². The van der Waals surface area contributed by atoms with Gasteiger partial charge in [-0.25, -0.2) is 0 Å². The van der Waals surface area contributed by atoms with Gasteiger partial charge in [-0.2, -0.15) is 0 Å². The maximum Gasteiger partial charge on any atom is 0.145 e. The van der Waals surface area contributed by atoms with Crippen LogP contribution in [0.1, 0.15) is 0 Å². The Morgan fingerprint density at radius 1 is 0.310 bits per heavy atom. The predicted octanol–water partition coefficient (Wildman–Crippen LogP) is 16.2. The third-order valence-corrected chi connectivity index (χ3v) is 12.0. The predicted molar refractivity (Wildman–Crippen MR) is 247 cm³/mol. The molecule has 0 aliphatic rings. The monoisotopic (exact) mass is 737 g/mol. The first-order valence-corrected chi connectivity index (χ1v) is 19.9. The zero-order chi connectivity index (χ0) is 38.2. The highest BCUT2D eigenvalue weighted by molar-refractivity contribution is 6.20. The van der Waals surface area contributed by atoms with Gasteiger partial charge >= 0.3 is 0 Å². The van der Waals surface area contributed by atoms with Gasteiger partial charge in [0.1, 0.15) is 11.2 Å². The van der Waals surface area contributed by atoms with Crippen LogP contribution in [0.5, 0.6) is 0 Å². The van der Waals surface area contributed by atoms with Crippen molar-refractivity contribution in [3.05, 3.63) is 212 Å². The second-order valence-corrected chi connectivity index (χ2v) is 15.3. The molecule has 11 aromatic carbocycles. The lowest BCUT2D eigenvalue weighted by atomic mass is 9.90. The summed E-state index contributed by atoms with van der Waals surface area (Å²) in [6.45, 7) is 0. The highest BCUT2D eigenvalue weighted by Crippen LogP contribution is 2.46. The summed E-state index contributed by atoms with van der Waals surface area (Å²) in [5, 5.41) is 14.4. The lowest BCUT2D eigenvalue weighted by molar-refractivity contribution is 0.672. The second-order valence-electron chi connectivity index (χ2n) is 15.3. The highest BCUT2D eigenvalue weighted by atomic mass is 16.3. The average molecular weight is 738 g/mol. The van der Waals surface area contributed by atoms with Gasteiger partial charge in [-0.1, -0.05) is 158 Å². The van der Waals surface area contributed by atoms with Crippen molar-refractivity contribution in [2.45, 2.75) is 0 Å². The molecule has 0 aliphatic heterocycles. The van der Waals surface area contributed by atoms with Crippen molar-refractivity contribution in [2.75, 3.05) is 4.90 Å². The van der Waals surface area contributed by atoms with Gasteiger partial charge in [0.15, 0.2) is 0 Å². The van der Waals surface area contributed by atoms with Gasteiger partial charge in [0, 0.05) is 27.5 Å². The van der Waals surface area contributed by atoms with E-state index in [9.17, 15) is 0 Å². The standard InChI is InChI=1S/C56H35NO/c1-2-12-39-33-40(24-23-36(39)11-1)37-25-28-43(29-26-37)57(53-21-10-14-38-27-31-51-50-19-7-8-22-54(50)58-56(51)55(38)53)44-30-32-46-41(34-44)15-9-20-48(46)52-35-42-13-3-4-16-45(42)47-17-5-6-18-49(47)52/h1-35H. The molecule has 12 rings (SSSR count). The summed E-state index contributed by atoms with van der Waals surface area (Å²) in [5.41, 5.74) is 9.86. The maximum atomic E-state index is 6.71. The zero-order valence-electron chi connectivity index (χ0n) is 31.6. The lowest BCUT2D eigenvalue weighted by Crippen LogP contribution is -2.10. The molecule has 58 heavy (non-hydrogen) atoms. The van der Waals surface area contributed by atoms with E-state index in [0.717, 1.165) is 49.8 Å². The van der Waals surface area contributed by atoms with Gasteiger partial charge in [-0.15, -0.1) is 0 Å². The van der Waals surface area contributed by atoms with Crippen molar-refractivity contribution in [3.63, 3.8) is 0 Å². The second kappa shape index (κ2) is 12.9. The molecule has 0 N–H and O–H groups in total. The summed E-state index contributed by atoms with van der Waals surface area (Å²) in [5.74, 6) is 0. The number of anilines is 3. The van der Waals surface area contributed by atoms with Crippen molar-refractivity contribution >= 4 is 92.9 Å². The molecule has 0 fully saturated rings. The molecule has 1 aromatic heterocycles. The van der Waals surface area contributed by atoms with Crippen LogP contribution in [0.15, 0.2) is 217 Å². The summed E-state index contributed by atoms with van der Waals surface area (Å²) >= 11 is 0. The van der Waals surface area contributed by atoms with E-state index in [0.29, 0.717) is 0 Å². The molecule has 1 heterocycles. The highest BCUT2D eigenvalue weighted by Gasteiger charge is 2.21. The number of hydrogen-bond donors (Lipinski definition) is 0. The molecule has 2 heteroatoms. The van der Waals surface area contributed by atoms with Gasteiger partial charge in [0.2, 0.25) is 0 Å². The molecule has 0 aliphatic carbocycles. The van der Waals surface area contributed by atoms with E-state index in [1.54, 1.807) is 0 Å². The molecule has 0 radical (unpaired) electrons. The Hall–Kier alpha value is -7.68. The minimum atomic E-state index is 0.894. The van der Waals surface area contributed by atoms with Crippen LogP contribution in [0.4, 0.5) is 17.1 Å². The van der Waals surface area contributed by atoms with Crippen molar-refractivity contribution < 1.29 is 4.42 Å². The number of benzene rings is 11. The largest absolute Gasteiger partial charge is 0.455 e. The summed E-state index contributed by atoms with van der Waals surface area (Å²) in [6.07, 6.45) is 0. The van der Waals surface area contributed by atoms with Crippen LogP contribution in [-0.4, -0.2) is 0 Å². The number of fused-ring (bicyclic) bond motifs is 10. The summed E-state index contributed by atoms with van der Waals surface area (Å²) < 4.78 is 6.71. The summed E-state index contributed by atoms with van der Waals surface area (Å²) in [7, 11) is 0. The molecule has 0 saturated carbocycles. The Morgan fingerprint density at radius 2 is 0.931 bits per heavy atom. The average Bonchev–Trinajstić information content (AvgIpc) is 3.68. The molecular weight excluding hydrogens is 703 g/mol. The SMILES string of the molecule is c1ccc2cc(-c3ccc(N(c4ccc5c(-c6cc7ccccc7c7ccccc67)cccc5c4)c4cccc5ccc6c7ccccc7oc6c45)cc3)ccc2c1. The molecule has 0 spiro atoms. The summed E-state index contributed by atoms with van der Waals surface area (Å²) in [4.78, 5) is 2.40. The fourth-order valence-electron chi connectivity index (χ4n) is 9.24. The minimum Gasteiger partial charge on any atom is -0.455 e. The van der Waals surface area contributed by atoms with E-state index >= 15 is 0 Å². The van der Waals surface area contributed by atoms with Crippen molar-refractivity contribution in [1.29, 1.82) is 0 Å². The molecule has 0 unspecified atom stereocenters. The fourth-order valence-corrected chi connectivity index (χ4v) is 9.24. The number of hydrogen-bond acceptors (Lipinski definition) is 2. The third kappa shape index (κ3) is 5.12. The molecule has 12 aromatic rings. The van der Waals surface area contributed by atoms with Gasteiger partial charge in [-0.05, 0) is 125 Å². The molecule has 0 amide bonds. The maximum absolute atomic E-state index is 6.71. The zero-order valence-corrected chi connectivity index (χ0v) is 31.6. The van der Waals surface area contributed by atoms with Crippen LogP contribution in [-0.2, 0) is 0 Å². The molecule has 2 nitrogen and oxygen atoms in total. The third-order valence-electron chi connectivity index (χ3n) is 12.0. The van der Waals surface area contributed by atoms with Gasteiger partial charge in [-0.3, -0.25) is 0 Å². The van der Waals surface area contributed by atoms with Crippen LogP contribution in [0.2, 0.25) is 0 Å². The molecular formula is C56H35NO. The number of nitrogens with zero attached hydrogens (tertiary/aromatic N) is 1. The molecule has 0 atom stereocenters. The quantitative estimate of drug-likeness (QED) is 0.164. The first kappa shape index (κ1) is 32.6. The Balaban J connectivity index is 1.07. The van der Waals surface area contributed by atoms with Gasteiger partial charge < -0.3 is 9.32 Å². The molecule has 0 bridgehead atoms. The lowest BCUT2D eigenvalue weighted by Gasteiger charge is -2.27. The van der Waals surface area contributed by atoms with Crippen LogP contribution >= 0.6 is 0 Å². The van der Waals surface area contributed by atoms with Gasteiger partial charge in [0.05, 0.1) is 5.69 Å². The van der Waals surface area contributed by atoms with E-state index in [1.807, 2.05) is 6.07 Å². The van der Waals surface area contributed by atoms with Crippen molar-refractivity contribution in [1.82, 2.24) is 0 Å². The van der Waals surface area contributed by atoms with Crippen LogP contribution in [0, 0.1) is 0 Å². The van der Waals surface area contributed by atoms with E-state index in [2.05, 4.69) is 211 Å². The number of furan rings is 1. The first-order valence-electron chi connectivity index (χ1n) is 19.9. The normalized spacial score (nSPS) is 11.8. The Bertz CT molecular complexity index is 3580. The minimum absolute atomic E-state index is 0.894. The first-order chi connectivity index (χ1) is 28.7. The van der Waals surface area contributed by atoms with E-state index in [-0.39, 0.29) is 0 Å². The topological polar surface area (TPSA) is 16.4 Å². The Morgan fingerprint density at radius 3 is 1.81 bits per heavy atom. The number of rotatable bonds is 5. The van der Waals surface area contributed by atoms with E-state index in [1.165, 1.54) is 65.3 Å². The molecule has 270 valence electrons. The fraction of sp³-hybridized carbons (Fsp3) is 0. The Labute approximate surface area is 335 Å². The van der Waals surface area contributed by atoms with Crippen LogP contribution in [0.25, 0.3) is 98.1 Å². The van der Waals surface area contributed by atoms with Crippen LogP contribution in [0.3, 0.4) is 0 Å². The Kier molecular flexibility index (Phi) is 7.26. The molecule has 0 saturated heterocycles. The van der Waals surface area contributed by atoms with E-state index in [4.69, 9.17) is 4.42 Å². The van der Waals surface area contributed by atoms with E-state index < -0.39 is 0 Å². The number of para-hydroxylation sites is 1. The van der Waals surface area contributed by atoms with Crippen LogP contribution < -0.4 is 4.90 Å². The summed E-state index contributed by atoms with van der Waals surface area (Å²) in [6, 6.07) is 77.1. The van der Waals surface area contributed by atoms with Gasteiger partial charge in [0.25, 0.3) is 0 Å². The van der Waals surface area contributed by atoms with Crippen molar-refractivity contribution in [3.8, 4) is 22.3 Å². The smallest absolute Gasteiger partial charge is 0.145 e.